The number of ether oxygens (including phenoxy) is 1. The van der Waals surface area contributed by atoms with Crippen LogP contribution in [0.15, 0.2) is 23.0 Å². The monoisotopic (exact) mass is 537 g/mol. The number of benzene rings is 1. The number of fused-ring (bicyclic) bond motifs is 5. The third-order valence-electron chi connectivity index (χ3n) is 8.69. The summed E-state index contributed by atoms with van der Waals surface area (Å²) in [6.45, 7) is 6.72. The summed E-state index contributed by atoms with van der Waals surface area (Å²) in [6.07, 6.45) is 1.99. The van der Waals surface area contributed by atoms with Crippen LogP contribution in [0.4, 0.5) is 0 Å². The van der Waals surface area contributed by atoms with E-state index in [0.29, 0.717) is 46.5 Å². The molecule has 0 bridgehead atoms. The molecule has 2 aromatic heterocycles. The number of carbonyl (C=O) groups excluding carboxylic acids is 1. The van der Waals surface area contributed by atoms with Crippen molar-refractivity contribution in [2.24, 2.45) is 5.92 Å². The first-order chi connectivity index (χ1) is 18.2. The van der Waals surface area contributed by atoms with Crippen molar-refractivity contribution in [3.8, 4) is 11.4 Å². The molecule has 6 rings (SSSR count). The van der Waals surface area contributed by atoms with Crippen LogP contribution in [-0.2, 0) is 34.8 Å². The third-order valence-corrected chi connectivity index (χ3v) is 9.10. The van der Waals surface area contributed by atoms with Crippen LogP contribution < -0.4 is 5.56 Å². The number of aromatic nitrogens is 2. The Labute approximate surface area is 225 Å². The fourth-order valence-corrected chi connectivity index (χ4v) is 6.38. The molecular formula is C29H32ClN3O5. The Hall–Kier alpha value is -2.78. The molecule has 1 fully saturated rings. The molecule has 3 aromatic rings. The Bertz CT molecular complexity index is 1530. The van der Waals surface area contributed by atoms with Gasteiger partial charge >= 0.3 is 5.97 Å². The van der Waals surface area contributed by atoms with Gasteiger partial charge < -0.3 is 19.5 Å². The molecule has 0 amide bonds. The van der Waals surface area contributed by atoms with Crippen LogP contribution >= 0.6 is 11.6 Å². The lowest BCUT2D eigenvalue weighted by Gasteiger charge is -2.31. The largest absolute Gasteiger partial charge is 0.460 e. The first kappa shape index (κ1) is 25.5. The minimum atomic E-state index is -1.47. The maximum absolute atomic E-state index is 13.8. The maximum Gasteiger partial charge on any atom is 0.309 e. The van der Waals surface area contributed by atoms with Gasteiger partial charge in [-0.2, -0.15) is 0 Å². The first-order valence-electron chi connectivity index (χ1n) is 13.3. The predicted octanol–water partition coefficient (Wildman–Crippen LogP) is 3.64. The van der Waals surface area contributed by atoms with Crippen LogP contribution in [0.1, 0.15) is 60.4 Å². The van der Waals surface area contributed by atoms with Gasteiger partial charge in [-0.3, -0.25) is 14.5 Å². The van der Waals surface area contributed by atoms with Crippen molar-refractivity contribution >= 4 is 28.5 Å². The minimum absolute atomic E-state index is 0.150. The van der Waals surface area contributed by atoms with Gasteiger partial charge in [-0.1, -0.05) is 18.5 Å². The second kappa shape index (κ2) is 9.45. The van der Waals surface area contributed by atoms with E-state index in [0.717, 1.165) is 53.5 Å². The molecule has 200 valence electrons. The zero-order valence-corrected chi connectivity index (χ0v) is 22.5. The molecule has 0 radical (unpaired) electrons. The second-order valence-electron chi connectivity index (χ2n) is 11.0. The molecule has 0 aliphatic carbocycles. The number of piperidine rings is 1. The highest BCUT2D eigenvalue weighted by molar-refractivity contribution is 6.32. The zero-order valence-electron chi connectivity index (χ0n) is 21.7. The van der Waals surface area contributed by atoms with Crippen LogP contribution in [0, 0.1) is 12.8 Å². The summed E-state index contributed by atoms with van der Waals surface area (Å²) in [5.74, 6) is -0.172. The summed E-state index contributed by atoms with van der Waals surface area (Å²) in [5.41, 5.74) is 4.26. The van der Waals surface area contributed by atoms with Gasteiger partial charge in [0.1, 0.15) is 12.2 Å². The topological polar surface area (TPSA) is 105 Å². The molecule has 5 heterocycles. The van der Waals surface area contributed by atoms with Crippen LogP contribution in [0.5, 0.6) is 0 Å². The van der Waals surface area contributed by atoms with Crippen LogP contribution in [-0.4, -0.2) is 50.3 Å². The molecule has 1 saturated heterocycles. The average molecular weight is 538 g/mol. The fourth-order valence-electron chi connectivity index (χ4n) is 6.22. The third kappa shape index (κ3) is 4.06. The Morgan fingerprint density at radius 3 is 2.66 bits per heavy atom. The van der Waals surface area contributed by atoms with Gasteiger partial charge in [0, 0.05) is 29.1 Å². The number of nitrogens with zero attached hydrogens (tertiary/aromatic N) is 3. The summed E-state index contributed by atoms with van der Waals surface area (Å²) in [6, 6.07) is 5.79. The maximum atomic E-state index is 13.8. The molecule has 0 saturated carbocycles. The molecule has 8 nitrogen and oxygen atoms in total. The predicted molar refractivity (Wildman–Crippen MR) is 144 cm³/mol. The van der Waals surface area contributed by atoms with Crippen LogP contribution in [0.25, 0.3) is 22.3 Å². The number of pyridine rings is 2. The number of halogens is 1. The Balaban J connectivity index is 1.53. The van der Waals surface area contributed by atoms with Crippen molar-refractivity contribution in [3.05, 3.63) is 61.4 Å². The number of carbonyl (C=O) groups is 1. The van der Waals surface area contributed by atoms with Crippen molar-refractivity contribution in [1.82, 2.24) is 14.5 Å². The molecule has 3 aliphatic rings. The lowest BCUT2D eigenvalue weighted by Crippen LogP contribution is -2.34. The molecular weight excluding hydrogens is 506 g/mol. The molecule has 3 aliphatic heterocycles. The average Bonchev–Trinajstić information content (AvgIpc) is 3.21. The molecule has 0 spiro atoms. The summed E-state index contributed by atoms with van der Waals surface area (Å²) in [5, 5.41) is 22.7. The Morgan fingerprint density at radius 2 is 1.95 bits per heavy atom. The first-order valence-corrected chi connectivity index (χ1v) is 13.7. The second-order valence-corrected chi connectivity index (χ2v) is 11.4. The van der Waals surface area contributed by atoms with Crippen LogP contribution in [0.2, 0.25) is 5.02 Å². The lowest BCUT2D eigenvalue weighted by atomic mass is 9.85. The smallest absolute Gasteiger partial charge is 0.309 e. The molecule has 0 unspecified atom stereocenters. The summed E-state index contributed by atoms with van der Waals surface area (Å²) in [7, 11) is 0. The fraction of sp³-hybridized carbons (Fsp3) is 0.483. The SMILES string of the molecule is CC[C@@]1(O)CC(=O)OCc2c1cc1n(c2=O)Cc2c-1nc1cc(Cl)c(C)cc1c2CN1CCC(CO)CC1. The number of hydrogen-bond acceptors (Lipinski definition) is 7. The van der Waals surface area contributed by atoms with Gasteiger partial charge in [0.15, 0.2) is 0 Å². The van der Waals surface area contributed by atoms with Crippen LogP contribution in [0.3, 0.4) is 0 Å². The Kier molecular flexibility index (Phi) is 6.34. The van der Waals surface area contributed by atoms with E-state index in [1.165, 1.54) is 0 Å². The highest BCUT2D eigenvalue weighted by Gasteiger charge is 2.40. The number of cyclic esters (lactones) is 1. The number of aryl methyl sites for hydroxylation is 1. The van der Waals surface area contributed by atoms with E-state index < -0.39 is 11.6 Å². The van der Waals surface area contributed by atoms with Gasteiger partial charge in [-0.15, -0.1) is 0 Å². The number of hydrogen-bond donors (Lipinski definition) is 2. The zero-order chi connectivity index (χ0) is 26.8. The minimum Gasteiger partial charge on any atom is -0.460 e. The highest BCUT2D eigenvalue weighted by Crippen LogP contribution is 2.41. The Morgan fingerprint density at radius 1 is 1.18 bits per heavy atom. The van der Waals surface area contributed by atoms with Gasteiger partial charge in [-0.25, -0.2) is 4.98 Å². The summed E-state index contributed by atoms with van der Waals surface area (Å²) < 4.78 is 7.00. The van der Waals surface area contributed by atoms with Crippen molar-refractivity contribution < 1.29 is 19.7 Å². The van der Waals surface area contributed by atoms with Gasteiger partial charge in [0.05, 0.1) is 35.4 Å². The van der Waals surface area contributed by atoms with E-state index in [-0.39, 0.29) is 31.6 Å². The van der Waals surface area contributed by atoms with E-state index in [4.69, 9.17) is 21.3 Å². The number of rotatable bonds is 4. The highest BCUT2D eigenvalue weighted by atomic mass is 35.5. The normalized spacial score (nSPS) is 21.7. The molecule has 38 heavy (non-hydrogen) atoms. The number of likely N-dealkylation sites (tertiary alicyclic amines) is 1. The van der Waals surface area contributed by atoms with E-state index in [1.807, 2.05) is 19.1 Å². The number of aliphatic hydroxyl groups is 2. The van der Waals surface area contributed by atoms with Crippen molar-refractivity contribution in [2.75, 3.05) is 19.7 Å². The molecule has 1 atom stereocenters. The van der Waals surface area contributed by atoms with Gasteiger partial charge in [0.2, 0.25) is 0 Å². The van der Waals surface area contributed by atoms with Crippen molar-refractivity contribution in [3.63, 3.8) is 0 Å². The molecule has 1 aromatic carbocycles. The molecule has 2 N–H and O–H groups in total. The van der Waals surface area contributed by atoms with E-state index >= 15 is 0 Å². The van der Waals surface area contributed by atoms with E-state index in [9.17, 15) is 19.8 Å². The summed E-state index contributed by atoms with van der Waals surface area (Å²) >= 11 is 6.51. The van der Waals surface area contributed by atoms with Crippen molar-refractivity contribution in [1.29, 1.82) is 0 Å². The quantitative estimate of drug-likeness (QED) is 0.383. The number of aliphatic hydroxyl groups excluding tert-OH is 1. The molecule has 9 heteroatoms. The lowest BCUT2D eigenvalue weighted by molar-refractivity contribution is -0.149. The van der Waals surface area contributed by atoms with E-state index in [2.05, 4.69) is 11.0 Å². The van der Waals surface area contributed by atoms with E-state index in [1.54, 1.807) is 11.5 Å². The van der Waals surface area contributed by atoms with Crippen molar-refractivity contribution in [2.45, 2.75) is 64.8 Å². The number of esters is 1. The van der Waals surface area contributed by atoms with Gasteiger partial charge in [-0.05, 0) is 80.1 Å². The summed E-state index contributed by atoms with van der Waals surface area (Å²) in [4.78, 5) is 33.4. The van der Waals surface area contributed by atoms with Gasteiger partial charge in [0.25, 0.3) is 5.56 Å². The standard InChI is InChI=1S/C29H32ClN3O5/c1-3-29(37)11-26(35)38-15-21-22(29)9-25-27-20(13-33(25)28(21)36)19(12-32-6-4-17(14-34)5-7-32)18-8-16(2)23(30)10-24(18)31-27/h8-10,17,34,37H,3-7,11-15H2,1-2H3/t29-/m1/s1.